The summed E-state index contributed by atoms with van der Waals surface area (Å²) in [6.07, 6.45) is 1.40. The summed E-state index contributed by atoms with van der Waals surface area (Å²) in [5.74, 6) is -1.24. The summed E-state index contributed by atoms with van der Waals surface area (Å²) in [4.78, 5) is 12.9. The van der Waals surface area contributed by atoms with Gasteiger partial charge in [-0.25, -0.2) is 9.18 Å². The Morgan fingerprint density at radius 2 is 2.29 bits per heavy atom. The van der Waals surface area contributed by atoms with Gasteiger partial charge < -0.3 is 10.0 Å². The van der Waals surface area contributed by atoms with Gasteiger partial charge in [-0.3, -0.25) is 0 Å². The highest BCUT2D eigenvalue weighted by Crippen LogP contribution is 2.34. The number of rotatable bonds is 3. The number of carbonyl (C=O) groups is 1. The minimum atomic E-state index is -0.863. The average molecular weight is 372 g/mol. The number of nitrogens with zero attached hydrogens (tertiary/aromatic N) is 3. The summed E-state index contributed by atoms with van der Waals surface area (Å²) in [6.45, 7) is 0.632. The molecule has 0 amide bonds. The lowest BCUT2D eigenvalue weighted by atomic mass is 10.2. The Morgan fingerprint density at radius 3 is 3.05 bits per heavy atom. The van der Waals surface area contributed by atoms with Crippen molar-refractivity contribution in [3.8, 4) is 10.6 Å². The van der Waals surface area contributed by atoms with Gasteiger partial charge in [-0.05, 0) is 31.0 Å². The third-order valence-corrected chi connectivity index (χ3v) is 4.84. The fourth-order valence-corrected chi connectivity index (χ4v) is 3.65. The topological polar surface area (TPSA) is 66.3 Å². The number of hydrogen-bond donors (Lipinski definition) is 1. The van der Waals surface area contributed by atoms with E-state index in [0.29, 0.717) is 28.7 Å². The van der Waals surface area contributed by atoms with Gasteiger partial charge in [0, 0.05) is 16.6 Å². The Morgan fingerprint density at radius 1 is 1.48 bits per heavy atom. The molecule has 2 aromatic rings. The molecule has 1 saturated heterocycles. The van der Waals surface area contributed by atoms with Crippen LogP contribution in [-0.2, 0) is 4.79 Å². The zero-order valence-electron chi connectivity index (χ0n) is 10.8. The molecule has 0 radical (unpaired) electrons. The van der Waals surface area contributed by atoms with Crippen molar-refractivity contribution in [2.24, 2.45) is 0 Å². The van der Waals surface area contributed by atoms with E-state index in [9.17, 15) is 14.3 Å². The molecule has 3 rings (SSSR count). The van der Waals surface area contributed by atoms with Crippen LogP contribution in [0.2, 0.25) is 0 Å². The van der Waals surface area contributed by atoms with Gasteiger partial charge in [0.05, 0.1) is 0 Å². The molecular weight excluding hydrogens is 361 g/mol. The molecule has 5 nitrogen and oxygen atoms in total. The molecule has 2 heterocycles. The number of halogens is 2. The van der Waals surface area contributed by atoms with Crippen molar-refractivity contribution in [2.45, 2.75) is 18.9 Å². The van der Waals surface area contributed by atoms with Gasteiger partial charge in [0.1, 0.15) is 11.9 Å². The molecule has 1 aliphatic rings. The first-order valence-electron chi connectivity index (χ1n) is 6.34. The lowest BCUT2D eigenvalue weighted by Crippen LogP contribution is -2.35. The first kappa shape index (κ1) is 14.4. The van der Waals surface area contributed by atoms with Crippen LogP contribution in [-0.4, -0.2) is 33.9 Å². The summed E-state index contributed by atoms with van der Waals surface area (Å²) in [5.41, 5.74) is 0.360. The lowest BCUT2D eigenvalue weighted by Gasteiger charge is -2.19. The van der Waals surface area contributed by atoms with Crippen LogP contribution in [0.15, 0.2) is 22.7 Å². The van der Waals surface area contributed by atoms with E-state index in [1.807, 2.05) is 0 Å². The van der Waals surface area contributed by atoms with Crippen LogP contribution >= 0.6 is 27.3 Å². The highest BCUT2D eigenvalue weighted by molar-refractivity contribution is 9.10. The molecule has 21 heavy (non-hydrogen) atoms. The predicted molar refractivity (Wildman–Crippen MR) is 81.0 cm³/mol. The zero-order valence-corrected chi connectivity index (χ0v) is 13.2. The first-order chi connectivity index (χ1) is 10.1. The minimum Gasteiger partial charge on any atom is -0.480 e. The van der Waals surface area contributed by atoms with Gasteiger partial charge in [-0.1, -0.05) is 27.3 Å². The SMILES string of the molecule is O=C(O)C1CCCN1c1nnc(-c2cc(Br)ccc2F)s1. The number of carboxylic acids is 1. The molecule has 8 heteroatoms. The number of aromatic nitrogens is 2. The second-order valence-corrected chi connectivity index (χ2v) is 6.58. The van der Waals surface area contributed by atoms with Crippen molar-refractivity contribution in [1.29, 1.82) is 0 Å². The van der Waals surface area contributed by atoms with E-state index in [4.69, 9.17) is 0 Å². The van der Waals surface area contributed by atoms with E-state index in [0.717, 1.165) is 10.9 Å². The van der Waals surface area contributed by atoms with Crippen LogP contribution in [0.4, 0.5) is 9.52 Å². The monoisotopic (exact) mass is 371 g/mol. The van der Waals surface area contributed by atoms with Gasteiger partial charge in [0.15, 0.2) is 5.01 Å². The fourth-order valence-electron chi connectivity index (χ4n) is 2.35. The number of benzene rings is 1. The zero-order chi connectivity index (χ0) is 15.0. The quantitative estimate of drug-likeness (QED) is 0.897. The standard InChI is InChI=1S/C13H11BrFN3O2S/c14-7-3-4-9(15)8(6-7)11-16-17-13(21-11)18-5-1-2-10(18)12(19)20/h3-4,6,10H,1-2,5H2,(H,19,20). The van der Waals surface area contributed by atoms with Crippen molar-refractivity contribution in [3.05, 3.63) is 28.5 Å². The molecule has 110 valence electrons. The van der Waals surface area contributed by atoms with Crippen molar-refractivity contribution in [2.75, 3.05) is 11.4 Å². The highest BCUT2D eigenvalue weighted by Gasteiger charge is 2.32. The number of carboxylic acid groups (broad SMARTS) is 1. The molecule has 1 aromatic heterocycles. The number of hydrogen-bond acceptors (Lipinski definition) is 5. The molecule has 0 spiro atoms. The lowest BCUT2D eigenvalue weighted by molar-refractivity contribution is -0.138. The second-order valence-electron chi connectivity index (χ2n) is 4.70. The van der Waals surface area contributed by atoms with Crippen LogP contribution in [0, 0.1) is 5.82 Å². The highest BCUT2D eigenvalue weighted by atomic mass is 79.9. The van der Waals surface area contributed by atoms with E-state index < -0.39 is 12.0 Å². The molecule has 0 bridgehead atoms. The third-order valence-electron chi connectivity index (χ3n) is 3.36. The Balaban J connectivity index is 1.93. The molecule has 0 saturated carbocycles. The molecule has 1 N–H and O–H groups in total. The fraction of sp³-hybridized carbons (Fsp3) is 0.308. The van der Waals surface area contributed by atoms with Crippen LogP contribution in [0.1, 0.15) is 12.8 Å². The van der Waals surface area contributed by atoms with E-state index in [-0.39, 0.29) is 5.82 Å². The van der Waals surface area contributed by atoms with Crippen LogP contribution in [0.25, 0.3) is 10.6 Å². The third kappa shape index (κ3) is 2.77. The van der Waals surface area contributed by atoms with Gasteiger partial charge >= 0.3 is 5.97 Å². The van der Waals surface area contributed by atoms with Gasteiger partial charge in [-0.2, -0.15) is 0 Å². The summed E-state index contributed by atoms with van der Waals surface area (Å²) in [6, 6.07) is 4.04. The normalized spacial score (nSPS) is 18.2. The molecule has 1 atom stereocenters. The molecular formula is C13H11BrFN3O2S. The summed E-state index contributed by atoms with van der Waals surface area (Å²) < 4.78 is 14.6. The molecule has 1 aliphatic heterocycles. The van der Waals surface area contributed by atoms with Crippen LogP contribution in [0.3, 0.4) is 0 Å². The summed E-state index contributed by atoms with van der Waals surface area (Å²) in [5, 5.41) is 18.2. The van der Waals surface area contributed by atoms with Crippen LogP contribution < -0.4 is 4.90 Å². The number of anilines is 1. The Kier molecular flexibility index (Phi) is 3.90. The second kappa shape index (κ2) is 5.69. The van der Waals surface area contributed by atoms with Crippen molar-refractivity contribution in [3.63, 3.8) is 0 Å². The van der Waals surface area contributed by atoms with Gasteiger partial charge in [-0.15, -0.1) is 10.2 Å². The van der Waals surface area contributed by atoms with E-state index in [1.165, 1.54) is 17.4 Å². The van der Waals surface area contributed by atoms with Gasteiger partial charge in [0.2, 0.25) is 5.13 Å². The Hall–Kier alpha value is -1.54. The molecule has 1 unspecified atom stereocenters. The Labute approximate surface area is 132 Å². The molecule has 0 aliphatic carbocycles. The maximum atomic E-state index is 13.9. The van der Waals surface area contributed by atoms with Gasteiger partial charge in [0.25, 0.3) is 0 Å². The van der Waals surface area contributed by atoms with Crippen LogP contribution in [0.5, 0.6) is 0 Å². The number of aliphatic carboxylic acids is 1. The van der Waals surface area contributed by atoms with E-state index >= 15 is 0 Å². The maximum absolute atomic E-state index is 13.9. The first-order valence-corrected chi connectivity index (χ1v) is 7.95. The van der Waals surface area contributed by atoms with Crippen molar-refractivity contribution in [1.82, 2.24) is 10.2 Å². The smallest absolute Gasteiger partial charge is 0.326 e. The Bertz CT molecular complexity index is 694. The van der Waals surface area contributed by atoms with Crippen molar-refractivity contribution >= 4 is 38.4 Å². The molecule has 1 aromatic carbocycles. The minimum absolute atomic E-state index is 0.360. The molecule has 1 fully saturated rings. The van der Waals surface area contributed by atoms with E-state index in [1.54, 1.807) is 17.0 Å². The summed E-state index contributed by atoms with van der Waals surface area (Å²) >= 11 is 4.50. The maximum Gasteiger partial charge on any atom is 0.326 e. The average Bonchev–Trinajstić information content (AvgIpc) is 3.08. The summed E-state index contributed by atoms with van der Waals surface area (Å²) in [7, 11) is 0. The van der Waals surface area contributed by atoms with Crippen molar-refractivity contribution < 1.29 is 14.3 Å². The largest absolute Gasteiger partial charge is 0.480 e. The predicted octanol–water partition coefficient (Wildman–Crippen LogP) is 3.16. The van der Waals surface area contributed by atoms with E-state index in [2.05, 4.69) is 26.1 Å².